The first kappa shape index (κ1) is 24.5. The SMILES string of the molecule is CCOC(=O)c1c(NC(=O)COC(=O)C[C@@H]2Sc3ccccc3NC2=O)sc(C(C)=O)c1C. The predicted molar refractivity (Wildman–Crippen MR) is 124 cm³/mol. The second kappa shape index (κ2) is 10.6. The molecule has 1 aliphatic heterocycles. The lowest BCUT2D eigenvalue weighted by Gasteiger charge is -2.23. The standard InChI is InChI=1S/C22H22N2O7S2/c1-4-30-22(29)18-11(2)19(12(3)25)33-21(18)24-16(26)10-31-17(27)9-15-20(28)23-13-7-5-6-8-14(13)32-15/h5-8,15H,4,9-10H2,1-3H3,(H,23,28)(H,24,26)/t15-/m0/s1. The van der Waals surface area contributed by atoms with Crippen LogP contribution in [-0.2, 0) is 23.9 Å². The first-order valence-electron chi connectivity index (χ1n) is 10.0. The van der Waals surface area contributed by atoms with Gasteiger partial charge >= 0.3 is 11.9 Å². The van der Waals surface area contributed by atoms with Gasteiger partial charge in [0.25, 0.3) is 5.91 Å². The molecule has 33 heavy (non-hydrogen) atoms. The van der Waals surface area contributed by atoms with Crippen LogP contribution in [0.5, 0.6) is 0 Å². The van der Waals surface area contributed by atoms with Crippen molar-refractivity contribution >= 4 is 63.3 Å². The minimum Gasteiger partial charge on any atom is -0.462 e. The maximum atomic E-state index is 12.4. The predicted octanol–water partition coefficient (Wildman–Crippen LogP) is 3.42. The summed E-state index contributed by atoms with van der Waals surface area (Å²) in [7, 11) is 0. The van der Waals surface area contributed by atoms with Gasteiger partial charge in [0, 0.05) is 4.90 Å². The van der Waals surface area contributed by atoms with Gasteiger partial charge in [-0.3, -0.25) is 19.2 Å². The summed E-state index contributed by atoms with van der Waals surface area (Å²) < 4.78 is 10.0. The average Bonchev–Trinajstić information content (AvgIpc) is 3.09. The molecule has 0 unspecified atom stereocenters. The highest BCUT2D eigenvalue weighted by Gasteiger charge is 2.30. The molecule has 1 aromatic carbocycles. The Labute approximate surface area is 198 Å². The number of esters is 2. The monoisotopic (exact) mass is 490 g/mol. The van der Waals surface area contributed by atoms with Gasteiger partial charge in [0.15, 0.2) is 12.4 Å². The van der Waals surface area contributed by atoms with Crippen molar-refractivity contribution in [3.8, 4) is 0 Å². The second-order valence-electron chi connectivity index (χ2n) is 7.04. The van der Waals surface area contributed by atoms with E-state index in [2.05, 4.69) is 10.6 Å². The minimum atomic E-state index is -0.713. The largest absolute Gasteiger partial charge is 0.462 e. The number of ether oxygens (including phenoxy) is 2. The average molecular weight is 491 g/mol. The van der Waals surface area contributed by atoms with Crippen LogP contribution in [0.2, 0.25) is 0 Å². The first-order valence-corrected chi connectivity index (χ1v) is 11.7. The molecule has 9 nitrogen and oxygen atoms in total. The van der Waals surface area contributed by atoms with Gasteiger partial charge in [-0.1, -0.05) is 12.1 Å². The molecular formula is C22H22N2O7S2. The minimum absolute atomic E-state index is 0.0978. The van der Waals surface area contributed by atoms with Crippen LogP contribution in [0.1, 0.15) is 45.9 Å². The molecule has 0 aliphatic carbocycles. The third-order valence-corrected chi connectivity index (χ3v) is 7.21. The third-order valence-electron chi connectivity index (χ3n) is 4.62. The lowest BCUT2D eigenvalue weighted by molar-refractivity contribution is -0.147. The summed E-state index contributed by atoms with van der Waals surface area (Å²) in [5.41, 5.74) is 1.20. The van der Waals surface area contributed by atoms with Crippen molar-refractivity contribution < 1.29 is 33.4 Å². The van der Waals surface area contributed by atoms with E-state index in [-0.39, 0.29) is 35.3 Å². The Bertz CT molecular complexity index is 1130. The maximum absolute atomic E-state index is 12.4. The van der Waals surface area contributed by atoms with Crippen LogP contribution in [-0.4, -0.2) is 48.0 Å². The Morgan fingerprint density at radius 2 is 1.88 bits per heavy atom. The van der Waals surface area contributed by atoms with Crippen LogP contribution >= 0.6 is 23.1 Å². The number of hydrogen-bond acceptors (Lipinski definition) is 9. The molecule has 1 aliphatic rings. The number of hydrogen-bond donors (Lipinski definition) is 2. The van der Waals surface area contributed by atoms with E-state index in [4.69, 9.17) is 9.47 Å². The van der Waals surface area contributed by atoms with Crippen molar-refractivity contribution in [1.29, 1.82) is 0 Å². The molecule has 0 spiro atoms. The van der Waals surface area contributed by atoms with Crippen molar-refractivity contribution in [2.24, 2.45) is 0 Å². The van der Waals surface area contributed by atoms with Gasteiger partial charge < -0.3 is 20.1 Å². The van der Waals surface area contributed by atoms with Gasteiger partial charge in [-0.2, -0.15) is 0 Å². The van der Waals surface area contributed by atoms with Crippen molar-refractivity contribution in [3.05, 3.63) is 40.3 Å². The lowest BCUT2D eigenvalue weighted by Crippen LogP contribution is -2.32. The van der Waals surface area contributed by atoms with Crippen LogP contribution in [0.15, 0.2) is 29.2 Å². The number of benzene rings is 1. The Kier molecular flexibility index (Phi) is 7.88. The zero-order valence-corrected chi connectivity index (χ0v) is 19.8. The number of carbonyl (C=O) groups is 5. The summed E-state index contributed by atoms with van der Waals surface area (Å²) in [5, 5.41) is 4.72. The van der Waals surface area contributed by atoms with E-state index in [9.17, 15) is 24.0 Å². The number of rotatable bonds is 8. The fourth-order valence-electron chi connectivity index (χ4n) is 3.13. The van der Waals surface area contributed by atoms with Gasteiger partial charge in [0.05, 0.1) is 34.4 Å². The van der Waals surface area contributed by atoms with E-state index in [1.165, 1.54) is 18.7 Å². The van der Waals surface area contributed by atoms with E-state index in [1.54, 1.807) is 26.0 Å². The Morgan fingerprint density at radius 3 is 2.58 bits per heavy atom. The lowest BCUT2D eigenvalue weighted by atomic mass is 10.1. The maximum Gasteiger partial charge on any atom is 0.341 e. The summed E-state index contributed by atoms with van der Waals surface area (Å²) in [6.45, 7) is 4.13. The molecule has 1 aromatic heterocycles. The van der Waals surface area contributed by atoms with Crippen molar-refractivity contribution in [3.63, 3.8) is 0 Å². The highest BCUT2D eigenvalue weighted by atomic mass is 32.2. The summed E-state index contributed by atoms with van der Waals surface area (Å²) in [5.74, 6) is -2.62. The number of fused-ring (bicyclic) bond motifs is 1. The molecule has 1 atom stereocenters. The van der Waals surface area contributed by atoms with E-state index in [1.807, 2.05) is 12.1 Å². The fraction of sp³-hybridized carbons (Fsp3) is 0.318. The van der Waals surface area contributed by atoms with Crippen LogP contribution < -0.4 is 10.6 Å². The summed E-state index contributed by atoms with van der Waals surface area (Å²) in [6.07, 6.45) is -0.210. The number of thiophene rings is 1. The molecule has 0 radical (unpaired) electrons. The summed E-state index contributed by atoms with van der Waals surface area (Å²) in [6, 6.07) is 7.24. The van der Waals surface area contributed by atoms with E-state index >= 15 is 0 Å². The zero-order chi connectivity index (χ0) is 24.1. The Hall–Kier alpha value is -3.18. The fourth-order valence-corrected chi connectivity index (χ4v) is 5.33. The molecule has 0 saturated heterocycles. The van der Waals surface area contributed by atoms with E-state index < -0.39 is 29.7 Å². The van der Waals surface area contributed by atoms with Crippen molar-refractivity contribution in [1.82, 2.24) is 0 Å². The number of thioether (sulfide) groups is 1. The number of Topliss-reactive ketones (excluding diaryl/α,β-unsaturated/α-hetero) is 1. The van der Waals surface area contributed by atoms with Gasteiger partial charge in [-0.05, 0) is 38.5 Å². The highest BCUT2D eigenvalue weighted by Crippen LogP contribution is 2.37. The number of nitrogens with one attached hydrogen (secondary N) is 2. The smallest absolute Gasteiger partial charge is 0.341 e. The molecule has 2 aromatic rings. The molecule has 2 amide bonds. The second-order valence-corrected chi connectivity index (χ2v) is 9.31. The Balaban J connectivity index is 1.60. The van der Waals surface area contributed by atoms with Crippen molar-refractivity contribution in [2.75, 3.05) is 23.8 Å². The third kappa shape index (κ3) is 5.79. The highest BCUT2D eigenvalue weighted by molar-refractivity contribution is 8.01. The number of ketones is 1. The molecule has 0 saturated carbocycles. The Morgan fingerprint density at radius 1 is 1.15 bits per heavy atom. The van der Waals surface area contributed by atoms with Gasteiger partial charge in [-0.25, -0.2) is 4.79 Å². The van der Waals surface area contributed by atoms with Crippen LogP contribution in [0.3, 0.4) is 0 Å². The number of para-hydroxylation sites is 1. The first-order chi connectivity index (χ1) is 15.7. The topological polar surface area (TPSA) is 128 Å². The normalized spacial score (nSPS) is 14.6. The van der Waals surface area contributed by atoms with Crippen LogP contribution in [0.4, 0.5) is 10.7 Å². The molecule has 0 bridgehead atoms. The number of amides is 2. The molecule has 11 heteroatoms. The molecule has 174 valence electrons. The molecular weight excluding hydrogens is 468 g/mol. The molecule has 2 N–H and O–H groups in total. The van der Waals surface area contributed by atoms with E-state index in [0.717, 1.165) is 16.2 Å². The molecule has 3 rings (SSSR count). The van der Waals surface area contributed by atoms with Crippen molar-refractivity contribution in [2.45, 2.75) is 37.3 Å². The number of carbonyl (C=O) groups excluding carboxylic acids is 5. The number of anilines is 2. The summed E-state index contributed by atoms with van der Waals surface area (Å²) in [4.78, 5) is 62.1. The van der Waals surface area contributed by atoms with Crippen LogP contribution in [0.25, 0.3) is 0 Å². The summed E-state index contributed by atoms with van der Waals surface area (Å²) >= 11 is 2.21. The zero-order valence-electron chi connectivity index (χ0n) is 18.2. The van der Waals surface area contributed by atoms with Gasteiger partial charge in [0.1, 0.15) is 5.00 Å². The molecule has 0 fully saturated rings. The van der Waals surface area contributed by atoms with Crippen LogP contribution in [0, 0.1) is 6.92 Å². The van der Waals surface area contributed by atoms with E-state index in [0.29, 0.717) is 16.1 Å². The quantitative estimate of drug-likeness (QED) is 0.426. The van der Waals surface area contributed by atoms with Gasteiger partial charge in [0.2, 0.25) is 5.91 Å². The van der Waals surface area contributed by atoms with Gasteiger partial charge in [-0.15, -0.1) is 23.1 Å². The molecule has 2 heterocycles.